The molecule has 2 aromatic heterocycles. The van der Waals surface area contributed by atoms with Gasteiger partial charge in [0.05, 0.1) is 11.2 Å². The second-order valence-corrected chi connectivity index (χ2v) is 9.68. The Morgan fingerprint density at radius 2 is 1.65 bits per heavy atom. The number of hydrogen-bond donors (Lipinski definition) is 3. The number of nitrogens with zero attached hydrogens (tertiary/aromatic N) is 3. The minimum absolute atomic E-state index is 0.176. The van der Waals surface area contributed by atoms with E-state index >= 15 is 0 Å². The topological polar surface area (TPSA) is 78.0 Å². The Morgan fingerprint density at radius 3 is 2.43 bits per heavy atom. The summed E-state index contributed by atoms with van der Waals surface area (Å²) in [6.45, 7) is 2.22. The van der Waals surface area contributed by atoms with Crippen molar-refractivity contribution >= 4 is 28.3 Å². The van der Waals surface area contributed by atoms with Crippen LogP contribution >= 0.6 is 0 Å². The number of H-pyrrole nitrogens is 1. The summed E-state index contributed by atoms with van der Waals surface area (Å²) < 4.78 is 2.19. The number of benzene rings is 3. The van der Waals surface area contributed by atoms with Crippen molar-refractivity contribution in [3.05, 3.63) is 96.6 Å². The van der Waals surface area contributed by atoms with Gasteiger partial charge in [-0.2, -0.15) is 5.10 Å². The molecular weight excluding hydrogens is 460 g/mol. The van der Waals surface area contributed by atoms with Crippen molar-refractivity contribution < 1.29 is 4.79 Å². The molecule has 3 aromatic carbocycles. The molecule has 0 radical (unpaired) electrons. The van der Waals surface area contributed by atoms with Crippen molar-refractivity contribution in [2.75, 3.05) is 30.8 Å². The van der Waals surface area contributed by atoms with Gasteiger partial charge in [-0.1, -0.05) is 36.4 Å². The predicted octanol–water partition coefficient (Wildman–Crippen LogP) is 5.78. The van der Waals surface area contributed by atoms with E-state index in [1.165, 1.54) is 0 Å². The highest BCUT2D eigenvalue weighted by molar-refractivity contribution is 6.04. The number of anilines is 2. The molecule has 1 aliphatic heterocycles. The van der Waals surface area contributed by atoms with E-state index in [0.29, 0.717) is 17.4 Å². The first kappa shape index (κ1) is 23.1. The van der Waals surface area contributed by atoms with Gasteiger partial charge in [0.1, 0.15) is 11.5 Å². The van der Waals surface area contributed by atoms with Gasteiger partial charge in [0.2, 0.25) is 0 Å². The molecule has 1 saturated heterocycles. The van der Waals surface area contributed by atoms with Crippen LogP contribution in [0.5, 0.6) is 0 Å². The molecule has 3 N–H and O–H groups in total. The summed E-state index contributed by atoms with van der Waals surface area (Å²) in [5.74, 6) is 0.378. The number of hydrogen-bond acceptors (Lipinski definition) is 4. The first-order chi connectivity index (χ1) is 18.1. The van der Waals surface area contributed by atoms with E-state index in [-0.39, 0.29) is 5.91 Å². The molecular formula is C30H30N6O. The van der Waals surface area contributed by atoms with Crippen molar-refractivity contribution in [2.24, 2.45) is 0 Å². The average molecular weight is 491 g/mol. The Morgan fingerprint density at radius 1 is 0.919 bits per heavy atom. The number of carbonyl (C=O) groups is 1. The van der Waals surface area contributed by atoms with Gasteiger partial charge in [-0.15, -0.1) is 0 Å². The monoisotopic (exact) mass is 490 g/mol. The standard InChI is InChI=1S/C30H30N6O/c1-35-17-15-24(16-18-35)31-23-13-11-21(12-14-23)30(37)32-29-20-26(33-34-29)28-19-22-7-5-6-10-27(22)36(28)25-8-3-2-4-9-25/h2-14,19-20,24,31H,15-18H2,1H3,(H2,32,33,34,37). The Kier molecular flexibility index (Phi) is 6.20. The van der Waals surface area contributed by atoms with Gasteiger partial charge in [-0.3, -0.25) is 9.89 Å². The van der Waals surface area contributed by atoms with Crippen LogP contribution < -0.4 is 10.6 Å². The molecule has 3 heterocycles. The second-order valence-electron chi connectivity index (χ2n) is 9.68. The highest BCUT2D eigenvalue weighted by Gasteiger charge is 2.18. The van der Waals surface area contributed by atoms with Gasteiger partial charge in [-0.25, -0.2) is 0 Å². The SMILES string of the molecule is CN1CCC(Nc2ccc(C(=O)Nc3cc(-c4cc5ccccc5n4-c4ccccc4)n[nH]3)cc2)CC1. The predicted molar refractivity (Wildman–Crippen MR) is 149 cm³/mol. The van der Waals surface area contributed by atoms with Crippen molar-refractivity contribution in [1.82, 2.24) is 19.7 Å². The summed E-state index contributed by atoms with van der Waals surface area (Å²) in [4.78, 5) is 15.3. The number of nitrogens with one attached hydrogen (secondary N) is 3. The van der Waals surface area contributed by atoms with Crippen LogP contribution in [0.4, 0.5) is 11.5 Å². The third-order valence-corrected chi connectivity index (χ3v) is 7.05. The van der Waals surface area contributed by atoms with E-state index in [1.807, 2.05) is 60.7 Å². The van der Waals surface area contributed by atoms with Gasteiger partial charge in [0.25, 0.3) is 5.91 Å². The van der Waals surface area contributed by atoms with Crippen LogP contribution in [0.15, 0.2) is 91.0 Å². The highest BCUT2D eigenvalue weighted by Crippen LogP contribution is 2.31. The number of rotatable bonds is 6. The summed E-state index contributed by atoms with van der Waals surface area (Å²) in [5.41, 5.74) is 5.51. The van der Waals surface area contributed by atoms with Crippen LogP contribution in [0.1, 0.15) is 23.2 Å². The summed E-state index contributed by atoms with van der Waals surface area (Å²) >= 11 is 0. The smallest absolute Gasteiger partial charge is 0.256 e. The molecule has 0 atom stereocenters. The molecule has 0 aliphatic carbocycles. The molecule has 37 heavy (non-hydrogen) atoms. The van der Waals surface area contributed by atoms with E-state index in [0.717, 1.165) is 59.6 Å². The maximum absolute atomic E-state index is 12.9. The Hall–Kier alpha value is -4.36. The maximum atomic E-state index is 12.9. The lowest BCUT2D eigenvalue weighted by atomic mass is 10.0. The molecule has 7 heteroatoms. The highest BCUT2D eigenvalue weighted by atomic mass is 16.1. The number of amides is 1. The normalized spacial score (nSPS) is 14.6. The van der Waals surface area contributed by atoms with Gasteiger partial charge >= 0.3 is 0 Å². The average Bonchev–Trinajstić information content (AvgIpc) is 3.55. The molecule has 0 bridgehead atoms. The van der Waals surface area contributed by atoms with E-state index in [1.54, 1.807) is 0 Å². The molecule has 0 saturated carbocycles. The third kappa shape index (κ3) is 4.86. The number of aromatic amines is 1. The van der Waals surface area contributed by atoms with Crippen LogP contribution in [0.2, 0.25) is 0 Å². The molecule has 186 valence electrons. The first-order valence-corrected chi connectivity index (χ1v) is 12.7. The number of likely N-dealkylation sites (tertiary alicyclic amines) is 1. The van der Waals surface area contributed by atoms with Crippen LogP contribution in [-0.2, 0) is 0 Å². The zero-order valence-electron chi connectivity index (χ0n) is 20.8. The minimum Gasteiger partial charge on any atom is -0.382 e. The number of carbonyl (C=O) groups excluding carboxylic acids is 1. The lowest BCUT2D eigenvalue weighted by Gasteiger charge is -2.30. The van der Waals surface area contributed by atoms with Gasteiger partial charge < -0.3 is 20.1 Å². The van der Waals surface area contributed by atoms with E-state index in [4.69, 9.17) is 0 Å². The van der Waals surface area contributed by atoms with Crippen LogP contribution in [0.3, 0.4) is 0 Å². The largest absolute Gasteiger partial charge is 0.382 e. The minimum atomic E-state index is -0.176. The van der Waals surface area contributed by atoms with Crippen LogP contribution in [0.25, 0.3) is 28.0 Å². The van der Waals surface area contributed by atoms with Gasteiger partial charge in [0, 0.05) is 34.4 Å². The summed E-state index contributed by atoms with van der Waals surface area (Å²) in [7, 11) is 2.16. The lowest BCUT2D eigenvalue weighted by Crippen LogP contribution is -2.36. The second kappa shape index (κ2) is 9.95. The molecule has 6 rings (SSSR count). The summed E-state index contributed by atoms with van der Waals surface area (Å²) in [6, 6.07) is 30.6. The van der Waals surface area contributed by atoms with Crippen molar-refractivity contribution in [2.45, 2.75) is 18.9 Å². The summed E-state index contributed by atoms with van der Waals surface area (Å²) in [6.07, 6.45) is 2.26. The van der Waals surface area contributed by atoms with E-state index in [2.05, 4.69) is 67.7 Å². The third-order valence-electron chi connectivity index (χ3n) is 7.05. The number of aromatic nitrogens is 3. The first-order valence-electron chi connectivity index (χ1n) is 12.7. The quantitative estimate of drug-likeness (QED) is 0.282. The van der Waals surface area contributed by atoms with Crippen molar-refractivity contribution in [1.29, 1.82) is 0 Å². The number of para-hydroxylation sites is 2. The number of piperidine rings is 1. The molecule has 0 spiro atoms. The number of fused-ring (bicyclic) bond motifs is 1. The zero-order chi connectivity index (χ0) is 25.2. The Bertz CT molecular complexity index is 1510. The van der Waals surface area contributed by atoms with Gasteiger partial charge in [0.15, 0.2) is 0 Å². The maximum Gasteiger partial charge on any atom is 0.256 e. The van der Waals surface area contributed by atoms with Crippen molar-refractivity contribution in [3.8, 4) is 17.1 Å². The Labute approximate surface area is 216 Å². The lowest BCUT2D eigenvalue weighted by molar-refractivity contribution is 0.102. The molecule has 7 nitrogen and oxygen atoms in total. The van der Waals surface area contributed by atoms with E-state index in [9.17, 15) is 4.79 Å². The van der Waals surface area contributed by atoms with Gasteiger partial charge in [-0.05, 0) is 81.5 Å². The molecule has 1 fully saturated rings. The Balaban J connectivity index is 1.19. The molecule has 1 amide bonds. The van der Waals surface area contributed by atoms with E-state index < -0.39 is 0 Å². The molecule has 0 unspecified atom stereocenters. The zero-order valence-corrected chi connectivity index (χ0v) is 20.8. The fourth-order valence-corrected chi connectivity index (χ4v) is 5.02. The molecule has 1 aliphatic rings. The summed E-state index contributed by atoms with van der Waals surface area (Å²) in [5, 5.41) is 15.2. The van der Waals surface area contributed by atoms with Crippen LogP contribution in [0, 0.1) is 0 Å². The van der Waals surface area contributed by atoms with Crippen LogP contribution in [-0.4, -0.2) is 51.8 Å². The fourth-order valence-electron chi connectivity index (χ4n) is 5.02. The molecule has 5 aromatic rings. The fraction of sp³-hybridized carbons (Fsp3) is 0.200. The van der Waals surface area contributed by atoms with Crippen molar-refractivity contribution in [3.63, 3.8) is 0 Å².